The van der Waals surface area contributed by atoms with Crippen molar-refractivity contribution in [3.05, 3.63) is 71.1 Å². The van der Waals surface area contributed by atoms with Crippen molar-refractivity contribution in [2.24, 2.45) is 0 Å². The third-order valence-electron chi connectivity index (χ3n) is 6.10. The molecule has 4 heterocycles. The number of hydrogen-bond donors (Lipinski definition) is 2. The van der Waals surface area contributed by atoms with E-state index in [-0.39, 0.29) is 5.56 Å². The Morgan fingerprint density at radius 2 is 2.16 bits per heavy atom. The Morgan fingerprint density at radius 1 is 1.25 bits per heavy atom. The van der Waals surface area contributed by atoms with Crippen LogP contribution in [0.1, 0.15) is 30.0 Å². The third kappa shape index (κ3) is 3.21. The van der Waals surface area contributed by atoms with Crippen LogP contribution in [0.25, 0.3) is 16.9 Å². The highest BCUT2D eigenvalue weighted by molar-refractivity contribution is 5.77. The van der Waals surface area contributed by atoms with Crippen LogP contribution in [0.15, 0.2) is 54.4 Å². The fraction of sp³-hybridized carbons (Fsp3) is 0.304. The summed E-state index contributed by atoms with van der Waals surface area (Å²) < 4.78 is 5.47. The zero-order valence-electron chi connectivity index (χ0n) is 17.7. The van der Waals surface area contributed by atoms with Crippen LogP contribution >= 0.6 is 0 Å². The molecule has 0 amide bonds. The van der Waals surface area contributed by atoms with E-state index in [0.29, 0.717) is 35.4 Å². The van der Waals surface area contributed by atoms with Crippen LogP contribution in [0.3, 0.4) is 0 Å². The summed E-state index contributed by atoms with van der Waals surface area (Å²) in [5, 5.41) is 7.15. The Bertz CT molecular complexity index is 1390. The Balaban J connectivity index is 1.43. The molecule has 1 saturated carbocycles. The predicted molar refractivity (Wildman–Crippen MR) is 123 cm³/mol. The maximum absolute atomic E-state index is 13.0. The van der Waals surface area contributed by atoms with Crippen molar-refractivity contribution in [3.63, 3.8) is 0 Å². The molecule has 0 bridgehead atoms. The van der Waals surface area contributed by atoms with Crippen molar-refractivity contribution >= 4 is 22.7 Å². The third-order valence-corrected chi connectivity index (χ3v) is 6.10. The molecule has 0 radical (unpaired) electrons. The van der Waals surface area contributed by atoms with E-state index in [1.54, 1.807) is 21.6 Å². The summed E-state index contributed by atoms with van der Waals surface area (Å²) in [7, 11) is 0. The molecule has 9 nitrogen and oxygen atoms in total. The number of allylic oxidation sites excluding steroid dienone is 1. The van der Waals surface area contributed by atoms with E-state index in [1.807, 2.05) is 18.6 Å². The van der Waals surface area contributed by atoms with Gasteiger partial charge in [0.15, 0.2) is 11.5 Å². The number of aromatic nitrogens is 6. The highest BCUT2D eigenvalue weighted by atomic mass is 16.1. The molecule has 0 spiro atoms. The van der Waals surface area contributed by atoms with Gasteiger partial charge in [0.2, 0.25) is 5.95 Å². The van der Waals surface area contributed by atoms with Crippen LogP contribution in [0.2, 0.25) is 0 Å². The van der Waals surface area contributed by atoms with E-state index in [2.05, 4.69) is 43.9 Å². The second kappa shape index (κ2) is 7.45. The lowest BCUT2D eigenvalue weighted by molar-refractivity contribution is 0.598. The minimum Gasteiger partial charge on any atom is -0.332 e. The van der Waals surface area contributed by atoms with Crippen molar-refractivity contribution in [3.8, 4) is 5.82 Å². The fourth-order valence-electron chi connectivity index (χ4n) is 4.30. The summed E-state index contributed by atoms with van der Waals surface area (Å²) in [5.74, 6) is 1.11. The lowest BCUT2D eigenvalue weighted by Gasteiger charge is -2.18. The molecule has 4 aromatic rings. The van der Waals surface area contributed by atoms with Crippen LogP contribution in [0.5, 0.6) is 0 Å². The number of imidazole rings is 1. The average Bonchev–Trinajstić information content (AvgIpc) is 3.49. The maximum atomic E-state index is 13.0. The molecule has 2 N–H and O–H groups in total. The molecule has 1 fully saturated rings. The number of nitrogens with one attached hydrogen (secondary N) is 2. The zero-order valence-corrected chi connectivity index (χ0v) is 17.7. The molecule has 32 heavy (non-hydrogen) atoms. The lowest BCUT2D eigenvalue weighted by atomic mass is 10.0. The molecule has 9 heteroatoms. The predicted octanol–water partition coefficient (Wildman–Crippen LogP) is 2.69. The molecule has 6 rings (SSSR count). The monoisotopic (exact) mass is 428 g/mol. The van der Waals surface area contributed by atoms with Gasteiger partial charge >= 0.3 is 0 Å². The highest BCUT2D eigenvalue weighted by Crippen LogP contribution is 2.35. The van der Waals surface area contributed by atoms with E-state index in [1.165, 1.54) is 11.1 Å². The van der Waals surface area contributed by atoms with Crippen LogP contribution in [-0.2, 0) is 19.5 Å². The molecule has 1 aromatic carbocycles. The summed E-state index contributed by atoms with van der Waals surface area (Å²) in [6, 6.07) is 6.82. The van der Waals surface area contributed by atoms with E-state index in [0.717, 1.165) is 38.0 Å². The van der Waals surface area contributed by atoms with Gasteiger partial charge in [0.1, 0.15) is 5.39 Å². The number of anilines is 2. The Labute approximate surface area is 184 Å². The van der Waals surface area contributed by atoms with Crippen LogP contribution in [0, 0.1) is 0 Å². The zero-order chi connectivity index (χ0) is 21.7. The van der Waals surface area contributed by atoms with Crippen LogP contribution in [-0.4, -0.2) is 35.4 Å². The molecule has 2 aliphatic rings. The van der Waals surface area contributed by atoms with Gasteiger partial charge in [-0.15, -0.1) is 6.58 Å². The molecule has 0 atom stereocenters. The van der Waals surface area contributed by atoms with Gasteiger partial charge in [0.25, 0.3) is 5.56 Å². The molecule has 1 aliphatic heterocycles. The first-order valence-corrected chi connectivity index (χ1v) is 10.9. The van der Waals surface area contributed by atoms with Gasteiger partial charge < -0.3 is 15.2 Å². The molecular formula is C23H24N8O. The Hall–Kier alpha value is -3.72. The average molecular weight is 429 g/mol. The molecule has 1 aliphatic carbocycles. The SMILES string of the molecule is C=CCn1c(=O)c2cnc(Nc3ccc4c(c3)CCNC4)nc2n1-c1cn(C2CC2)cn1. The summed E-state index contributed by atoms with van der Waals surface area (Å²) in [4.78, 5) is 26.7. The summed E-state index contributed by atoms with van der Waals surface area (Å²) >= 11 is 0. The lowest BCUT2D eigenvalue weighted by Crippen LogP contribution is -2.23. The van der Waals surface area contributed by atoms with E-state index >= 15 is 0 Å². The molecule has 162 valence electrons. The topological polar surface area (TPSA) is 94.6 Å². The van der Waals surface area contributed by atoms with Gasteiger partial charge in [-0.3, -0.25) is 4.79 Å². The van der Waals surface area contributed by atoms with Crippen molar-refractivity contribution in [1.82, 2.24) is 34.2 Å². The molecule has 3 aromatic heterocycles. The van der Waals surface area contributed by atoms with Crippen molar-refractivity contribution in [2.45, 2.75) is 38.4 Å². The van der Waals surface area contributed by atoms with Crippen molar-refractivity contribution in [1.29, 1.82) is 0 Å². The largest absolute Gasteiger partial charge is 0.332 e. The minimum absolute atomic E-state index is 0.159. The van der Waals surface area contributed by atoms with Gasteiger partial charge in [0, 0.05) is 24.5 Å². The van der Waals surface area contributed by atoms with Crippen molar-refractivity contribution in [2.75, 3.05) is 11.9 Å². The van der Waals surface area contributed by atoms with Crippen LogP contribution < -0.4 is 16.2 Å². The first-order valence-electron chi connectivity index (χ1n) is 10.9. The second-order valence-electron chi connectivity index (χ2n) is 8.36. The Morgan fingerprint density at radius 3 is 3.00 bits per heavy atom. The molecule has 0 saturated heterocycles. The minimum atomic E-state index is -0.159. The number of fused-ring (bicyclic) bond motifs is 2. The van der Waals surface area contributed by atoms with E-state index < -0.39 is 0 Å². The smallest absolute Gasteiger partial charge is 0.278 e. The van der Waals surface area contributed by atoms with Gasteiger partial charge in [-0.2, -0.15) is 4.98 Å². The summed E-state index contributed by atoms with van der Waals surface area (Å²) in [6.45, 7) is 6.04. The van der Waals surface area contributed by atoms with E-state index in [9.17, 15) is 4.79 Å². The van der Waals surface area contributed by atoms with E-state index in [4.69, 9.17) is 4.98 Å². The van der Waals surface area contributed by atoms with Crippen LogP contribution in [0.4, 0.5) is 11.6 Å². The quantitative estimate of drug-likeness (QED) is 0.459. The second-order valence-corrected chi connectivity index (χ2v) is 8.36. The van der Waals surface area contributed by atoms with Gasteiger partial charge in [-0.05, 0) is 49.1 Å². The first kappa shape index (κ1) is 19.0. The maximum Gasteiger partial charge on any atom is 0.278 e. The normalized spacial score (nSPS) is 15.6. The van der Waals surface area contributed by atoms with Crippen molar-refractivity contribution < 1.29 is 0 Å². The number of benzene rings is 1. The standard InChI is InChI=1S/C23H24N8O/c1-2-9-30-22(32)19-12-25-23(27-17-4-3-16-11-24-8-7-15(16)10-17)28-21(19)31(30)20-13-29(14-26-20)18-5-6-18/h2-4,10,12-14,18,24H,1,5-9,11H2,(H,25,27,28). The fourth-order valence-corrected chi connectivity index (χ4v) is 4.30. The number of nitrogens with zero attached hydrogens (tertiary/aromatic N) is 6. The van der Waals surface area contributed by atoms with Gasteiger partial charge in [-0.25, -0.2) is 19.3 Å². The Kier molecular flexibility index (Phi) is 4.43. The van der Waals surface area contributed by atoms with Gasteiger partial charge in [-0.1, -0.05) is 12.1 Å². The van der Waals surface area contributed by atoms with Gasteiger partial charge in [0.05, 0.1) is 19.1 Å². The first-order chi connectivity index (χ1) is 15.7. The number of hydrogen-bond acceptors (Lipinski definition) is 6. The summed E-state index contributed by atoms with van der Waals surface area (Å²) in [6.07, 6.45) is 10.4. The molecular weight excluding hydrogens is 404 g/mol. The highest BCUT2D eigenvalue weighted by Gasteiger charge is 2.25. The molecule has 0 unspecified atom stereocenters. The number of rotatable bonds is 6. The summed E-state index contributed by atoms with van der Waals surface area (Å²) in [5.41, 5.74) is 3.95.